The molecule has 2 atom stereocenters. The van der Waals surface area contributed by atoms with Gasteiger partial charge in [-0.15, -0.1) is 5.10 Å². The van der Waals surface area contributed by atoms with E-state index in [1.165, 1.54) is 6.42 Å². The molecule has 1 fully saturated rings. The summed E-state index contributed by atoms with van der Waals surface area (Å²) in [6.07, 6.45) is 1.35. The number of nitrogens with zero attached hydrogens (tertiary/aromatic N) is 3. The molecule has 1 aliphatic rings. The Morgan fingerprint density at radius 2 is 2.20 bits per heavy atom. The predicted octanol–water partition coefficient (Wildman–Crippen LogP) is 1.03. The average molecular weight is 206 g/mol. The number of hydrogen-bond donors (Lipinski definition) is 1. The van der Waals surface area contributed by atoms with Crippen molar-refractivity contribution in [3.63, 3.8) is 0 Å². The Morgan fingerprint density at radius 1 is 1.47 bits per heavy atom. The minimum atomic E-state index is 0.455. The molecule has 0 aliphatic heterocycles. The number of hydrogen-bond acceptors (Lipinski definition) is 4. The number of aromatic nitrogens is 2. The first-order valence-corrected chi connectivity index (χ1v) is 5.44. The maximum Gasteiger partial charge on any atom is 0.150 e. The third kappa shape index (κ3) is 2.45. The van der Waals surface area contributed by atoms with Gasteiger partial charge in [-0.25, -0.2) is 0 Å². The molecule has 1 heterocycles. The van der Waals surface area contributed by atoms with Crippen molar-refractivity contribution < 1.29 is 0 Å². The van der Waals surface area contributed by atoms with Crippen LogP contribution in [0, 0.1) is 11.8 Å². The summed E-state index contributed by atoms with van der Waals surface area (Å²) < 4.78 is 0. The molecule has 4 nitrogen and oxygen atoms in total. The summed E-state index contributed by atoms with van der Waals surface area (Å²) in [5.74, 6) is 2.65. The molecule has 1 aliphatic carbocycles. The Hall–Kier alpha value is -1.16. The highest BCUT2D eigenvalue weighted by molar-refractivity contribution is 5.36. The van der Waals surface area contributed by atoms with E-state index in [4.69, 9.17) is 5.73 Å². The highest BCUT2D eigenvalue weighted by Gasteiger charge is 2.33. The second-order valence-corrected chi connectivity index (χ2v) is 4.44. The summed E-state index contributed by atoms with van der Waals surface area (Å²) in [4.78, 5) is 2.17. The van der Waals surface area contributed by atoms with Crippen LogP contribution in [0.15, 0.2) is 12.1 Å². The van der Waals surface area contributed by atoms with Crippen molar-refractivity contribution in [1.82, 2.24) is 10.2 Å². The quantitative estimate of drug-likeness (QED) is 0.799. The van der Waals surface area contributed by atoms with Crippen LogP contribution in [0.1, 0.15) is 19.0 Å². The first-order chi connectivity index (χ1) is 7.20. The highest BCUT2D eigenvalue weighted by atomic mass is 15.2. The van der Waals surface area contributed by atoms with Gasteiger partial charge in [-0.3, -0.25) is 0 Å². The summed E-state index contributed by atoms with van der Waals surface area (Å²) >= 11 is 0. The van der Waals surface area contributed by atoms with Crippen molar-refractivity contribution >= 4 is 5.82 Å². The molecule has 1 aromatic heterocycles. The molecule has 0 aromatic carbocycles. The largest absolute Gasteiger partial charge is 0.358 e. The van der Waals surface area contributed by atoms with Crippen molar-refractivity contribution in [3.05, 3.63) is 17.8 Å². The van der Waals surface area contributed by atoms with Gasteiger partial charge in [-0.2, -0.15) is 5.10 Å². The van der Waals surface area contributed by atoms with Crippen LogP contribution in [-0.2, 0) is 6.54 Å². The SMILES string of the molecule is CC1CC1CN(C)c1ccc(CN)nn1. The zero-order valence-electron chi connectivity index (χ0n) is 9.35. The minimum absolute atomic E-state index is 0.455. The molecule has 0 amide bonds. The second kappa shape index (κ2) is 4.14. The molecule has 1 saturated carbocycles. The van der Waals surface area contributed by atoms with Crippen LogP contribution in [0.2, 0.25) is 0 Å². The van der Waals surface area contributed by atoms with Crippen LogP contribution in [-0.4, -0.2) is 23.8 Å². The second-order valence-electron chi connectivity index (χ2n) is 4.44. The molecule has 2 N–H and O–H groups in total. The van der Waals surface area contributed by atoms with Crippen LogP contribution in [0.3, 0.4) is 0 Å². The monoisotopic (exact) mass is 206 g/mol. The summed E-state index contributed by atoms with van der Waals surface area (Å²) in [7, 11) is 2.07. The molecular formula is C11H18N4. The van der Waals surface area contributed by atoms with Gasteiger partial charge >= 0.3 is 0 Å². The lowest BCUT2D eigenvalue weighted by Crippen LogP contribution is -2.22. The van der Waals surface area contributed by atoms with Crippen molar-refractivity contribution in [1.29, 1.82) is 0 Å². The molecule has 15 heavy (non-hydrogen) atoms. The smallest absolute Gasteiger partial charge is 0.150 e. The van der Waals surface area contributed by atoms with E-state index >= 15 is 0 Å². The van der Waals surface area contributed by atoms with Crippen LogP contribution in [0.4, 0.5) is 5.82 Å². The summed E-state index contributed by atoms with van der Waals surface area (Å²) in [5.41, 5.74) is 6.31. The first-order valence-electron chi connectivity index (χ1n) is 5.44. The number of anilines is 1. The van der Waals surface area contributed by atoms with E-state index in [-0.39, 0.29) is 0 Å². The molecule has 0 radical (unpaired) electrons. The topological polar surface area (TPSA) is 55.0 Å². The molecule has 2 unspecified atom stereocenters. The number of rotatable bonds is 4. The summed E-state index contributed by atoms with van der Waals surface area (Å²) in [6, 6.07) is 3.93. The van der Waals surface area contributed by atoms with E-state index < -0.39 is 0 Å². The van der Waals surface area contributed by atoms with E-state index in [9.17, 15) is 0 Å². The Bertz CT molecular complexity index is 322. The fourth-order valence-corrected chi connectivity index (χ4v) is 1.76. The normalized spacial score (nSPS) is 23.9. The van der Waals surface area contributed by atoms with E-state index in [2.05, 4.69) is 29.1 Å². The van der Waals surface area contributed by atoms with Gasteiger partial charge in [0.1, 0.15) is 0 Å². The molecule has 0 bridgehead atoms. The van der Waals surface area contributed by atoms with Gasteiger partial charge < -0.3 is 10.6 Å². The lowest BCUT2D eigenvalue weighted by Gasteiger charge is -2.17. The Morgan fingerprint density at radius 3 is 2.67 bits per heavy atom. The highest BCUT2D eigenvalue weighted by Crippen LogP contribution is 2.38. The van der Waals surface area contributed by atoms with Crippen molar-refractivity contribution in [2.75, 3.05) is 18.5 Å². The maximum atomic E-state index is 5.47. The van der Waals surface area contributed by atoms with Crippen molar-refractivity contribution in [2.45, 2.75) is 19.9 Å². The standard InChI is InChI=1S/C11H18N4/c1-8-5-9(8)7-15(2)11-4-3-10(6-12)13-14-11/h3-4,8-9H,5-7,12H2,1-2H3. The van der Waals surface area contributed by atoms with Gasteiger partial charge in [0.2, 0.25) is 0 Å². The van der Waals surface area contributed by atoms with Gasteiger partial charge in [-0.1, -0.05) is 6.92 Å². The third-order valence-electron chi connectivity index (χ3n) is 3.09. The lowest BCUT2D eigenvalue weighted by atomic mass is 10.3. The molecule has 2 rings (SSSR count). The van der Waals surface area contributed by atoms with E-state index in [0.29, 0.717) is 6.54 Å². The predicted molar refractivity (Wildman–Crippen MR) is 60.5 cm³/mol. The Balaban J connectivity index is 1.95. The molecule has 82 valence electrons. The number of nitrogens with two attached hydrogens (primary N) is 1. The van der Waals surface area contributed by atoms with Crippen LogP contribution in [0.5, 0.6) is 0 Å². The van der Waals surface area contributed by atoms with Crippen molar-refractivity contribution in [2.24, 2.45) is 17.6 Å². The Labute approximate surface area is 90.5 Å². The average Bonchev–Trinajstić information content (AvgIpc) is 2.94. The van der Waals surface area contributed by atoms with Crippen LogP contribution in [0.25, 0.3) is 0 Å². The van der Waals surface area contributed by atoms with Gasteiger partial charge in [0.25, 0.3) is 0 Å². The summed E-state index contributed by atoms with van der Waals surface area (Å²) in [6.45, 7) is 3.83. The van der Waals surface area contributed by atoms with Crippen molar-refractivity contribution in [3.8, 4) is 0 Å². The molecule has 1 aromatic rings. The fraction of sp³-hybridized carbons (Fsp3) is 0.636. The van der Waals surface area contributed by atoms with Gasteiger partial charge in [0.05, 0.1) is 5.69 Å². The molecule has 0 saturated heterocycles. The molecule has 4 heteroatoms. The van der Waals surface area contributed by atoms with Crippen LogP contribution >= 0.6 is 0 Å². The minimum Gasteiger partial charge on any atom is -0.358 e. The summed E-state index contributed by atoms with van der Waals surface area (Å²) in [5, 5.41) is 8.20. The maximum absolute atomic E-state index is 5.47. The van der Waals surface area contributed by atoms with Crippen LogP contribution < -0.4 is 10.6 Å². The van der Waals surface area contributed by atoms with E-state index in [1.807, 2.05) is 12.1 Å². The fourth-order valence-electron chi connectivity index (χ4n) is 1.76. The van der Waals surface area contributed by atoms with E-state index in [1.54, 1.807) is 0 Å². The zero-order chi connectivity index (χ0) is 10.8. The molecule has 0 spiro atoms. The molecular weight excluding hydrogens is 188 g/mol. The third-order valence-corrected chi connectivity index (χ3v) is 3.09. The van der Waals surface area contributed by atoms with E-state index in [0.717, 1.165) is 29.9 Å². The Kier molecular flexibility index (Phi) is 2.86. The first kappa shape index (κ1) is 10.4. The zero-order valence-corrected chi connectivity index (χ0v) is 9.35. The van der Waals surface area contributed by atoms with Gasteiger partial charge in [0.15, 0.2) is 5.82 Å². The van der Waals surface area contributed by atoms with Gasteiger partial charge in [-0.05, 0) is 30.4 Å². The lowest BCUT2D eigenvalue weighted by molar-refractivity contribution is 0.712. The van der Waals surface area contributed by atoms with Gasteiger partial charge in [0, 0.05) is 20.1 Å².